The molecule has 0 amide bonds. The third-order valence-corrected chi connectivity index (χ3v) is 3.27. The molecule has 0 aliphatic rings. The fourth-order valence-corrected chi connectivity index (χ4v) is 2.29. The highest BCUT2D eigenvalue weighted by molar-refractivity contribution is 7.07. The topological polar surface area (TPSA) is 47.3 Å². The zero-order chi connectivity index (χ0) is 11.1. The number of hydrogen-bond donors (Lipinski definition) is 2. The van der Waals surface area contributed by atoms with Gasteiger partial charge < -0.3 is 4.74 Å². The third-order valence-electron chi connectivity index (χ3n) is 2.53. The molecule has 3 N–H and O–H groups in total. The van der Waals surface area contributed by atoms with Crippen LogP contribution >= 0.6 is 11.3 Å². The molecule has 4 heteroatoms. The van der Waals surface area contributed by atoms with Crippen LogP contribution in [0.15, 0.2) is 16.8 Å². The largest absolute Gasteiger partial charge is 0.377 e. The molecule has 2 atom stereocenters. The number of hydrazine groups is 1. The van der Waals surface area contributed by atoms with Gasteiger partial charge in [0.05, 0.1) is 6.10 Å². The fourth-order valence-electron chi connectivity index (χ4n) is 1.59. The first-order chi connectivity index (χ1) is 7.27. The van der Waals surface area contributed by atoms with E-state index in [0.29, 0.717) is 0 Å². The molecule has 0 radical (unpaired) electrons. The first kappa shape index (κ1) is 12.6. The number of ether oxygens (including phenoxy) is 1. The second-order valence-electron chi connectivity index (χ2n) is 3.60. The molecule has 86 valence electrons. The minimum atomic E-state index is 0.165. The van der Waals surface area contributed by atoms with E-state index in [2.05, 4.69) is 29.2 Å². The number of aryl methyl sites for hydroxylation is 1. The Morgan fingerprint density at radius 1 is 1.60 bits per heavy atom. The van der Waals surface area contributed by atoms with Crippen molar-refractivity contribution in [3.8, 4) is 0 Å². The molecule has 0 aliphatic heterocycles. The molecule has 1 aromatic rings. The highest BCUT2D eigenvalue weighted by Crippen LogP contribution is 2.12. The minimum Gasteiger partial charge on any atom is -0.377 e. The van der Waals surface area contributed by atoms with Crippen LogP contribution in [0.4, 0.5) is 0 Å². The van der Waals surface area contributed by atoms with E-state index >= 15 is 0 Å². The summed E-state index contributed by atoms with van der Waals surface area (Å²) in [5, 5.41) is 4.28. The summed E-state index contributed by atoms with van der Waals surface area (Å²) in [4.78, 5) is 0. The van der Waals surface area contributed by atoms with Crippen molar-refractivity contribution in [3.63, 3.8) is 0 Å². The number of hydrogen-bond acceptors (Lipinski definition) is 4. The third kappa shape index (κ3) is 4.30. The Kier molecular flexibility index (Phi) is 5.86. The number of nitrogens with two attached hydrogens (primary N) is 1. The Morgan fingerprint density at radius 3 is 2.93 bits per heavy atom. The fraction of sp³-hybridized carbons (Fsp3) is 0.636. The summed E-state index contributed by atoms with van der Waals surface area (Å²) in [6.07, 6.45) is 2.23. The van der Waals surface area contributed by atoms with Gasteiger partial charge in [-0.15, -0.1) is 0 Å². The van der Waals surface area contributed by atoms with E-state index in [-0.39, 0.29) is 12.1 Å². The van der Waals surface area contributed by atoms with E-state index in [1.807, 2.05) is 6.92 Å². The monoisotopic (exact) mass is 228 g/mol. The Hall–Kier alpha value is -0.420. The summed E-state index contributed by atoms with van der Waals surface area (Å²) in [5.41, 5.74) is 4.21. The molecule has 0 fully saturated rings. The predicted octanol–water partition coefficient (Wildman–Crippen LogP) is 1.94. The maximum Gasteiger partial charge on any atom is 0.0713 e. The average molecular weight is 228 g/mol. The molecule has 15 heavy (non-hydrogen) atoms. The van der Waals surface area contributed by atoms with Gasteiger partial charge in [-0.3, -0.25) is 11.3 Å². The molecule has 1 aromatic heterocycles. The summed E-state index contributed by atoms with van der Waals surface area (Å²) < 4.78 is 5.52. The van der Waals surface area contributed by atoms with E-state index in [1.54, 1.807) is 11.3 Å². The summed E-state index contributed by atoms with van der Waals surface area (Å²) in [5.74, 6) is 5.52. The SMILES string of the molecule is CCOC(C)C(CCc1ccsc1)NN. The Morgan fingerprint density at radius 2 is 2.40 bits per heavy atom. The van der Waals surface area contributed by atoms with Gasteiger partial charge in [0.25, 0.3) is 0 Å². The molecule has 1 rings (SSSR count). The van der Waals surface area contributed by atoms with Crippen LogP contribution in [0.5, 0.6) is 0 Å². The zero-order valence-electron chi connectivity index (χ0n) is 9.40. The lowest BCUT2D eigenvalue weighted by Gasteiger charge is -2.22. The van der Waals surface area contributed by atoms with Gasteiger partial charge in [-0.05, 0) is 49.1 Å². The smallest absolute Gasteiger partial charge is 0.0713 e. The molecule has 0 aromatic carbocycles. The average Bonchev–Trinajstić information content (AvgIpc) is 2.72. The van der Waals surface area contributed by atoms with E-state index in [9.17, 15) is 0 Å². The first-order valence-corrected chi connectivity index (χ1v) is 6.31. The summed E-state index contributed by atoms with van der Waals surface area (Å²) >= 11 is 1.73. The van der Waals surface area contributed by atoms with E-state index in [1.165, 1.54) is 5.56 Å². The van der Waals surface area contributed by atoms with Gasteiger partial charge in [-0.2, -0.15) is 11.3 Å². The van der Waals surface area contributed by atoms with Gasteiger partial charge in [-0.1, -0.05) is 0 Å². The van der Waals surface area contributed by atoms with Crippen molar-refractivity contribution in [2.24, 2.45) is 5.84 Å². The molecular weight excluding hydrogens is 208 g/mol. The summed E-state index contributed by atoms with van der Waals surface area (Å²) in [6, 6.07) is 2.38. The lowest BCUT2D eigenvalue weighted by Crippen LogP contribution is -2.44. The molecule has 2 unspecified atom stereocenters. The van der Waals surface area contributed by atoms with Crippen molar-refractivity contribution in [3.05, 3.63) is 22.4 Å². The lowest BCUT2D eigenvalue weighted by molar-refractivity contribution is 0.0453. The predicted molar refractivity (Wildman–Crippen MR) is 64.8 cm³/mol. The van der Waals surface area contributed by atoms with E-state index in [4.69, 9.17) is 10.6 Å². The molecule has 0 aliphatic carbocycles. The maximum atomic E-state index is 5.52. The highest BCUT2D eigenvalue weighted by atomic mass is 32.1. The van der Waals surface area contributed by atoms with Gasteiger partial charge in [0.2, 0.25) is 0 Å². The number of rotatable bonds is 7. The second-order valence-corrected chi connectivity index (χ2v) is 4.38. The lowest BCUT2D eigenvalue weighted by atomic mass is 10.0. The van der Waals surface area contributed by atoms with Crippen LogP contribution in [0.3, 0.4) is 0 Å². The van der Waals surface area contributed by atoms with Gasteiger partial charge >= 0.3 is 0 Å². The summed E-state index contributed by atoms with van der Waals surface area (Å²) in [6.45, 7) is 4.79. The molecule has 0 bridgehead atoms. The van der Waals surface area contributed by atoms with E-state index < -0.39 is 0 Å². The van der Waals surface area contributed by atoms with Crippen molar-refractivity contribution in [1.29, 1.82) is 0 Å². The molecule has 0 saturated carbocycles. The van der Waals surface area contributed by atoms with Crippen molar-refractivity contribution in [2.75, 3.05) is 6.61 Å². The minimum absolute atomic E-state index is 0.165. The Bertz CT molecular complexity index is 251. The molecule has 1 heterocycles. The standard InChI is InChI=1S/C11H20N2OS/c1-3-14-9(2)11(13-12)5-4-10-6-7-15-8-10/h6-9,11,13H,3-5,12H2,1-2H3. The second kappa shape index (κ2) is 6.95. The van der Waals surface area contributed by atoms with Gasteiger partial charge in [0.1, 0.15) is 0 Å². The molecule has 0 spiro atoms. The maximum absolute atomic E-state index is 5.52. The quantitative estimate of drug-likeness (QED) is 0.554. The summed E-state index contributed by atoms with van der Waals surface area (Å²) in [7, 11) is 0. The van der Waals surface area contributed by atoms with Crippen LogP contribution in [0.2, 0.25) is 0 Å². The van der Waals surface area contributed by atoms with Crippen molar-refractivity contribution in [2.45, 2.75) is 38.8 Å². The van der Waals surface area contributed by atoms with Crippen LogP contribution < -0.4 is 11.3 Å². The van der Waals surface area contributed by atoms with Crippen molar-refractivity contribution in [1.82, 2.24) is 5.43 Å². The van der Waals surface area contributed by atoms with Gasteiger partial charge in [0, 0.05) is 12.6 Å². The Labute approximate surface area is 95.6 Å². The van der Waals surface area contributed by atoms with E-state index in [0.717, 1.165) is 19.4 Å². The molecule has 0 saturated heterocycles. The Balaban J connectivity index is 2.33. The van der Waals surface area contributed by atoms with Crippen LogP contribution in [0.25, 0.3) is 0 Å². The first-order valence-electron chi connectivity index (χ1n) is 5.36. The molecular formula is C11H20N2OS. The van der Waals surface area contributed by atoms with Gasteiger partial charge in [0.15, 0.2) is 0 Å². The highest BCUT2D eigenvalue weighted by Gasteiger charge is 2.15. The van der Waals surface area contributed by atoms with Crippen molar-refractivity contribution < 1.29 is 4.74 Å². The zero-order valence-corrected chi connectivity index (χ0v) is 10.2. The normalized spacial score (nSPS) is 15.1. The van der Waals surface area contributed by atoms with Crippen LogP contribution in [-0.2, 0) is 11.2 Å². The van der Waals surface area contributed by atoms with Crippen molar-refractivity contribution >= 4 is 11.3 Å². The number of thiophene rings is 1. The van der Waals surface area contributed by atoms with Crippen LogP contribution in [0.1, 0.15) is 25.8 Å². The van der Waals surface area contributed by atoms with Crippen LogP contribution in [0, 0.1) is 0 Å². The van der Waals surface area contributed by atoms with Crippen LogP contribution in [-0.4, -0.2) is 18.8 Å². The molecule has 3 nitrogen and oxygen atoms in total. The number of nitrogens with one attached hydrogen (secondary N) is 1. The van der Waals surface area contributed by atoms with Gasteiger partial charge in [-0.25, -0.2) is 0 Å².